The molecule has 0 spiro atoms. The van der Waals surface area contributed by atoms with Crippen LogP contribution in [-0.4, -0.2) is 36.7 Å². The van der Waals surface area contributed by atoms with Gasteiger partial charge in [-0.1, -0.05) is 32.9 Å². The summed E-state index contributed by atoms with van der Waals surface area (Å²) in [6.45, 7) is 13.6. The summed E-state index contributed by atoms with van der Waals surface area (Å²) in [7, 11) is 1.83. The predicted octanol–water partition coefficient (Wildman–Crippen LogP) is 2.84. The summed E-state index contributed by atoms with van der Waals surface area (Å²) in [5, 5.41) is 0. The summed E-state index contributed by atoms with van der Waals surface area (Å²) in [5.41, 5.74) is 2.02. The zero-order valence-corrected chi connectivity index (χ0v) is 11.2. The standard InChI is InChI=1S/C14H25NO/c1-11-6-7-15-9-12(16-5)8-14(11,15)10-13(2,3)4/h12H,1,6-10H2,2-5H3/t12-,14-/m0/s1. The molecule has 2 heteroatoms. The summed E-state index contributed by atoms with van der Waals surface area (Å²) < 4.78 is 5.55. The van der Waals surface area contributed by atoms with E-state index in [1.165, 1.54) is 25.0 Å². The zero-order valence-electron chi connectivity index (χ0n) is 11.2. The second-order valence-electron chi connectivity index (χ2n) is 6.63. The molecule has 2 rings (SSSR count). The van der Waals surface area contributed by atoms with Gasteiger partial charge in [0.05, 0.1) is 6.10 Å². The molecule has 0 bridgehead atoms. The first-order chi connectivity index (χ1) is 7.37. The van der Waals surface area contributed by atoms with Crippen LogP contribution in [0, 0.1) is 5.41 Å². The van der Waals surface area contributed by atoms with Crippen LogP contribution >= 0.6 is 0 Å². The van der Waals surface area contributed by atoms with Crippen LogP contribution in [0.3, 0.4) is 0 Å². The third kappa shape index (κ3) is 1.93. The van der Waals surface area contributed by atoms with Crippen molar-refractivity contribution in [2.24, 2.45) is 5.41 Å². The molecule has 0 saturated carbocycles. The fraction of sp³-hybridized carbons (Fsp3) is 0.857. The highest BCUT2D eigenvalue weighted by molar-refractivity contribution is 5.27. The highest BCUT2D eigenvalue weighted by Gasteiger charge is 2.52. The first-order valence-electron chi connectivity index (χ1n) is 6.33. The molecule has 0 aromatic heterocycles. The van der Waals surface area contributed by atoms with E-state index in [9.17, 15) is 0 Å². The van der Waals surface area contributed by atoms with Crippen LogP contribution in [-0.2, 0) is 4.74 Å². The zero-order chi connectivity index (χ0) is 12.0. The molecule has 2 aliphatic rings. The Hall–Kier alpha value is -0.340. The van der Waals surface area contributed by atoms with Crippen molar-refractivity contribution in [3.05, 3.63) is 12.2 Å². The number of fused-ring (bicyclic) bond motifs is 1. The minimum Gasteiger partial charge on any atom is -0.380 e. The fourth-order valence-corrected chi connectivity index (χ4v) is 3.51. The number of nitrogens with zero attached hydrogens (tertiary/aromatic N) is 1. The van der Waals surface area contributed by atoms with Crippen LogP contribution in [0.25, 0.3) is 0 Å². The lowest BCUT2D eigenvalue weighted by molar-refractivity contribution is 0.108. The maximum absolute atomic E-state index is 5.55. The minimum atomic E-state index is 0.235. The molecule has 92 valence electrons. The van der Waals surface area contributed by atoms with Crippen molar-refractivity contribution in [1.29, 1.82) is 0 Å². The molecule has 2 aliphatic heterocycles. The molecule has 0 N–H and O–H groups in total. The number of methoxy groups -OCH3 is 1. The van der Waals surface area contributed by atoms with Crippen molar-refractivity contribution in [3.63, 3.8) is 0 Å². The molecule has 2 fully saturated rings. The fourth-order valence-electron chi connectivity index (χ4n) is 3.51. The SMILES string of the molecule is C=C1CCN2C[C@@H](OC)C[C@]12CC(C)(C)C. The van der Waals surface area contributed by atoms with Crippen molar-refractivity contribution in [2.75, 3.05) is 20.2 Å². The van der Waals surface area contributed by atoms with Gasteiger partial charge in [-0.05, 0) is 24.7 Å². The molecule has 2 atom stereocenters. The Morgan fingerprint density at radius 3 is 2.75 bits per heavy atom. The Morgan fingerprint density at radius 2 is 2.19 bits per heavy atom. The van der Waals surface area contributed by atoms with Gasteiger partial charge in [-0.15, -0.1) is 0 Å². The van der Waals surface area contributed by atoms with E-state index >= 15 is 0 Å². The van der Waals surface area contributed by atoms with Crippen LogP contribution in [0.4, 0.5) is 0 Å². The van der Waals surface area contributed by atoms with Crippen molar-refractivity contribution in [3.8, 4) is 0 Å². The summed E-state index contributed by atoms with van der Waals surface area (Å²) >= 11 is 0. The van der Waals surface area contributed by atoms with Crippen LogP contribution in [0.1, 0.15) is 40.0 Å². The predicted molar refractivity (Wildman–Crippen MR) is 67.5 cm³/mol. The largest absolute Gasteiger partial charge is 0.380 e. The van der Waals surface area contributed by atoms with E-state index in [0.717, 1.165) is 13.0 Å². The first kappa shape index (κ1) is 12.1. The van der Waals surface area contributed by atoms with Gasteiger partial charge in [0.15, 0.2) is 0 Å². The van der Waals surface area contributed by atoms with Gasteiger partial charge >= 0.3 is 0 Å². The maximum atomic E-state index is 5.55. The topological polar surface area (TPSA) is 12.5 Å². The van der Waals surface area contributed by atoms with E-state index in [1.807, 2.05) is 7.11 Å². The van der Waals surface area contributed by atoms with E-state index in [-0.39, 0.29) is 5.54 Å². The number of ether oxygens (including phenoxy) is 1. The number of rotatable bonds is 2. The molecule has 2 heterocycles. The van der Waals surface area contributed by atoms with Crippen molar-refractivity contribution >= 4 is 0 Å². The van der Waals surface area contributed by atoms with Gasteiger partial charge in [0, 0.05) is 25.7 Å². The Kier molecular flexibility index (Phi) is 2.92. The molecule has 0 aromatic rings. The third-order valence-electron chi connectivity index (χ3n) is 4.09. The van der Waals surface area contributed by atoms with Crippen molar-refractivity contribution in [2.45, 2.75) is 51.7 Å². The Morgan fingerprint density at radius 1 is 1.50 bits per heavy atom. The molecular formula is C14H25NO. The van der Waals surface area contributed by atoms with Gasteiger partial charge in [-0.25, -0.2) is 0 Å². The number of hydrogen-bond donors (Lipinski definition) is 0. The molecule has 16 heavy (non-hydrogen) atoms. The number of hydrogen-bond acceptors (Lipinski definition) is 2. The van der Waals surface area contributed by atoms with Crippen LogP contribution < -0.4 is 0 Å². The van der Waals surface area contributed by atoms with E-state index in [2.05, 4.69) is 32.3 Å². The van der Waals surface area contributed by atoms with Crippen molar-refractivity contribution < 1.29 is 4.74 Å². The normalized spacial score (nSPS) is 35.8. The summed E-state index contributed by atoms with van der Waals surface area (Å²) in [6, 6.07) is 0. The lowest BCUT2D eigenvalue weighted by Gasteiger charge is -2.38. The molecule has 0 aromatic carbocycles. The van der Waals surface area contributed by atoms with E-state index < -0.39 is 0 Å². The smallest absolute Gasteiger partial charge is 0.0719 e. The van der Waals surface area contributed by atoms with Gasteiger partial charge in [-0.2, -0.15) is 0 Å². The average Bonchev–Trinajstić information content (AvgIpc) is 2.62. The highest BCUT2D eigenvalue weighted by atomic mass is 16.5. The molecular weight excluding hydrogens is 198 g/mol. The van der Waals surface area contributed by atoms with Crippen LogP contribution in [0.15, 0.2) is 12.2 Å². The van der Waals surface area contributed by atoms with Crippen LogP contribution in [0.5, 0.6) is 0 Å². The van der Waals surface area contributed by atoms with E-state index in [1.54, 1.807) is 0 Å². The summed E-state index contributed by atoms with van der Waals surface area (Å²) in [5.74, 6) is 0. The van der Waals surface area contributed by atoms with Gasteiger partial charge in [0.2, 0.25) is 0 Å². The molecule has 0 aliphatic carbocycles. The molecule has 0 amide bonds. The second kappa shape index (κ2) is 3.85. The highest BCUT2D eigenvalue weighted by Crippen LogP contribution is 2.48. The van der Waals surface area contributed by atoms with Crippen LogP contribution in [0.2, 0.25) is 0 Å². The molecule has 2 nitrogen and oxygen atoms in total. The van der Waals surface area contributed by atoms with E-state index in [4.69, 9.17) is 4.74 Å². The second-order valence-corrected chi connectivity index (χ2v) is 6.63. The Bertz CT molecular complexity index is 292. The van der Waals surface area contributed by atoms with Gasteiger partial charge < -0.3 is 4.74 Å². The van der Waals surface area contributed by atoms with Crippen molar-refractivity contribution in [1.82, 2.24) is 4.90 Å². The summed E-state index contributed by atoms with van der Waals surface area (Å²) in [6.07, 6.45) is 3.92. The quantitative estimate of drug-likeness (QED) is 0.667. The van der Waals surface area contributed by atoms with Gasteiger partial charge in [0.1, 0.15) is 0 Å². The first-order valence-corrected chi connectivity index (χ1v) is 6.33. The lowest BCUT2D eigenvalue weighted by Crippen LogP contribution is -2.42. The minimum absolute atomic E-state index is 0.235. The Labute approximate surface area is 99.7 Å². The van der Waals surface area contributed by atoms with Gasteiger partial charge in [-0.3, -0.25) is 4.90 Å². The molecule has 0 unspecified atom stereocenters. The van der Waals surface area contributed by atoms with Gasteiger partial charge in [0.25, 0.3) is 0 Å². The average molecular weight is 223 g/mol. The van der Waals surface area contributed by atoms with E-state index in [0.29, 0.717) is 11.5 Å². The lowest BCUT2D eigenvalue weighted by atomic mass is 9.75. The molecule has 2 saturated heterocycles. The maximum Gasteiger partial charge on any atom is 0.0719 e. The summed E-state index contributed by atoms with van der Waals surface area (Å²) in [4.78, 5) is 2.61. The monoisotopic (exact) mass is 223 g/mol. The third-order valence-corrected chi connectivity index (χ3v) is 4.09. The Balaban J connectivity index is 2.23. The molecule has 0 radical (unpaired) electrons.